The van der Waals surface area contributed by atoms with Gasteiger partial charge in [-0.1, -0.05) is 15.9 Å². The summed E-state index contributed by atoms with van der Waals surface area (Å²) in [6.45, 7) is 1.85. The van der Waals surface area contributed by atoms with E-state index >= 15 is 0 Å². The van der Waals surface area contributed by atoms with Gasteiger partial charge in [-0.2, -0.15) is 0 Å². The molecule has 0 saturated heterocycles. The molecule has 2 aromatic rings. The summed E-state index contributed by atoms with van der Waals surface area (Å²) >= 11 is 3.23. The maximum Gasteiger partial charge on any atom is 0.265 e. The number of hydrogen-bond donors (Lipinski definition) is 2. The second-order valence-electron chi connectivity index (χ2n) is 4.01. The second kappa shape index (κ2) is 5.18. The van der Waals surface area contributed by atoms with Crippen LogP contribution in [0.25, 0.3) is 0 Å². The third-order valence-corrected chi connectivity index (χ3v) is 4.34. The Morgan fingerprint density at radius 1 is 1.26 bits per heavy atom. The first-order chi connectivity index (χ1) is 8.88. The molecule has 0 atom stereocenters. The first-order valence-corrected chi connectivity index (χ1v) is 7.66. The molecule has 1 heterocycles. The number of hydrogen-bond acceptors (Lipinski definition) is 4. The van der Waals surface area contributed by atoms with E-state index in [1.54, 1.807) is 18.2 Å². The van der Waals surface area contributed by atoms with Crippen molar-refractivity contribution in [1.29, 1.82) is 0 Å². The van der Waals surface area contributed by atoms with Crippen molar-refractivity contribution in [2.75, 3.05) is 10.5 Å². The Balaban J connectivity index is 2.38. The molecule has 0 spiro atoms. The third-order valence-electron chi connectivity index (χ3n) is 2.42. The number of benzene rings is 1. The molecular weight excluding hydrogens is 330 g/mol. The average Bonchev–Trinajstić information content (AvgIpc) is 2.27. The average molecular weight is 342 g/mol. The zero-order valence-electron chi connectivity index (χ0n) is 10.1. The molecule has 0 amide bonds. The Kier molecular flexibility index (Phi) is 3.77. The molecule has 0 unspecified atom stereocenters. The molecule has 0 bridgehead atoms. The highest BCUT2D eigenvalue weighted by atomic mass is 79.9. The Morgan fingerprint density at radius 2 is 2.00 bits per heavy atom. The van der Waals surface area contributed by atoms with Crippen molar-refractivity contribution in [2.24, 2.45) is 0 Å². The lowest BCUT2D eigenvalue weighted by molar-refractivity contribution is 0.601. The number of nitrogens with zero attached hydrogens (tertiary/aromatic N) is 1. The van der Waals surface area contributed by atoms with Gasteiger partial charge in [0.1, 0.15) is 10.7 Å². The minimum atomic E-state index is -3.74. The molecule has 1 aromatic heterocycles. The quantitative estimate of drug-likeness (QED) is 0.840. The summed E-state index contributed by atoms with van der Waals surface area (Å²) in [4.78, 5) is 3.98. The fourth-order valence-corrected chi connectivity index (χ4v) is 3.04. The van der Waals surface area contributed by atoms with Gasteiger partial charge < -0.3 is 5.73 Å². The van der Waals surface area contributed by atoms with Crippen molar-refractivity contribution >= 4 is 37.5 Å². The van der Waals surface area contributed by atoms with Crippen LogP contribution in [-0.4, -0.2) is 13.4 Å². The molecule has 5 nitrogen and oxygen atoms in total. The van der Waals surface area contributed by atoms with Crippen LogP contribution in [0.15, 0.2) is 45.9 Å². The van der Waals surface area contributed by atoms with E-state index in [9.17, 15) is 8.42 Å². The fraction of sp³-hybridized carbons (Fsp3) is 0.0833. The molecule has 0 aliphatic rings. The summed E-state index contributed by atoms with van der Waals surface area (Å²) in [5, 5.41) is 0. The highest BCUT2D eigenvalue weighted by Crippen LogP contribution is 2.24. The Labute approximate surface area is 120 Å². The van der Waals surface area contributed by atoms with E-state index in [1.165, 1.54) is 18.3 Å². The van der Waals surface area contributed by atoms with Crippen LogP contribution in [0.2, 0.25) is 0 Å². The van der Waals surface area contributed by atoms with E-state index in [0.29, 0.717) is 0 Å². The number of nitrogens with two attached hydrogens (primary N) is 1. The summed E-state index contributed by atoms with van der Waals surface area (Å²) in [5.74, 6) is 0.266. The van der Waals surface area contributed by atoms with Gasteiger partial charge in [-0.3, -0.25) is 4.72 Å². The Hall–Kier alpha value is -1.60. The van der Waals surface area contributed by atoms with Crippen molar-refractivity contribution in [2.45, 2.75) is 11.8 Å². The van der Waals surface area contributed by atoms with Gasteiger partial charge in [-0.15, -0.1) is 0 Å². The predicted molar refractivity (Wildman–Crippen MR) is 78.3 cm³/mol. The molecule has 3 N–H and O–H groups in total. The van der Waals surface area contributed by atoms with Crippen molar-refractivity contribution in [3.63, 3.8) is 0 Å². The third kappa shape index (κ3) is 3.24. The van der Waals surface area contributed by atoms with E-state index in [1.807, 2.05) is 6.92 Å². The second-order valence-corrected chi connectivity index (χ2v) is 6.57. The van der Waals surface area contributed by atoms with Crippen LogP contribution in [0.3, 0.4) is 0 Å². The van der Waals surface area contributed by atoms with Crippen LogP contribution in [0.1, 0.15) is 5.56 Å². The van der Waals surface area contributed by atoms with Crippen LogP contribution in [0.5, 0.6) is 0 Å². The number of nitrogens with one attached hydrogen (secondary N) is 1. The van der Waals surface area contributed by atoms with Crippen molar-refractivity contribution in [1.82, 2.24) is 4.98 Å². The van der Waals surface area contributed by atoms with E-state index in [-0.39, 0.29) is 16.4 Å². The molecular formula is C12H12BrN3O2S. The summed E-state index contributed by atoms with van der Waals surface area (Å²) in [7, 11) is -3.74. The van der Waals surface area contributed by atoms with Gasteiger partial charge in [-0.05, 0) is 42.8 Å². The zero-order chi connectivity index (χ0) is 14.0. The van der Waals surface area contributed by atoms with Gasteiger partial charge in [0.2, 0.25) is 0 Å². The summed E-state index contributed by atoms with van der Waals surface area (Å²) in [6.07, 6.45) is 1.54. The van der Waals surface area contributed by atoms with Crippen LogP contribution in [0.4, 0.5) is 11.5 Å². The van der Waals surface area contributed by atoms with Crippen LogP contribution in [0, 0.1) is 6.92 Å². The maximum absolute atomic E-state index is 12.2. The number of nitrogen functional groups attached to an aromatic ring is 1. The Morgan fingerprint density at radius 3 is 2.63 bits per heavy atom. The van der Waals surface area contributed by atoms with Crippen molar-refractivity contribution in [3.05, 3.63) is 46.6 Å². The molecule has 1 aromatic carbocycles. The number of halogens is 1. The standard InChI is InChI=1S/C12H12BrN3O2S/c1-8-4-5-15-12(6-8)16-19(17,18)11-3-2-9(13)7-10(11)14/h2-7H,14H2,1H3,(H,15,16). The highest BCUT2D eigenvalue weighted by Gasteiger charge is 2.18. The minimum absolute atomic E-state index is 0.0269. The lowest BCUT2D eigenvalue weighted by atomic mass is 10.3. The van der Waals surface area contributed by atoms with E-state index in [2.05, 4.69) is 25.6 Å². The molecule has 7 heteroatoms. The number of aromatic nitrogens is 1. The summed E-state index contributed by atoms with van der Waals surface area (Å²) in [6, 6.07) is 8.03. The number of rotatable bonds is 3. The molecule has 0 aliphatic carbocycles. The lowest BCUT2D eigenvalue weighted by Gasteiger charge is -2.10. The maximum atomic E-state index is 12.2. The summed E-state index contributed by atoms with van der Waals surface area (Å²) < 4.78 is 27.5. The molecule has 0 fully saturated rings. The molecule has 0 radical (unpaired) electrons. The highest BCUT2D eigenvalue weighted by molar-refractivity contribution is 9.10. The van der Waals surface area contributed by atoms with Crippen LogP contribution in [-0.2, 0) is 10.0 Å². The smallest absolute Gasteiger partial charge is 0.265 e. The van der Waals surface area contributed by atoms with Crippen molar-refractivity contribution in [3.8, 4) is 0 Å². The first kappa shape index (κ1) is 13.8. The Bertz CT molecular complexity index is 717. The molecule has 19 heavy (non-hydrogen) atoms. The van der Waals surface area contributed by atoms with Crippen LogP contribution >= 0.6 is 15.9 Å². The minimum Gasteiger partial charge on any atom is -0.398 e. The molecule has 0 saturated carbocycles. The van der Waals surface area contributed by atoms with E-state index in [4.69, 9.17) is 5.73 Å². The van der Waals surface area contributed by atoms with Crippen molar-refractivity contribution < 1.29 is 8.42 Å². The number of anilines is 2. The molecule has 100 valence electrons. The fourth-order valence-electron chi connectivity index (χ4n) is 1.55. The first-order valence-electron chi connectivity index (χ1n) is 5.39. The normalized spacial score (nSPS) is 11.3. The number of aryl methyl sites for hydroxylation is 1. The van der Waals surface area contributed by atoms with Gasteiger partial charge >= 0.3 is 0 Å². The predicted octanol–water partition coefficient (Wildman–Crippen LogP) is 2.54. The molecule has 2 rings (SSSR count). The monoisotopic (exact) mass is 341 g/mol. The van der Waals surface area contributed by atoms with Gasteiger partial charge in [-0.25, -0.2) is 13.4 Å². The van der Waals surface area contributed by atoms with Gasteiger partial charge in [0.05, 0.1) is 5.69 Å². The van der Waals surface area contributed by atoms with Gasteiger partial charge in [0.15, 0.2) is 0 Å². The number of pyridine rings is 1. The van der Waals surface area contributed by atoms with Gasteiger partial charge in [0.25, 0.3) is 10.0 Å². The summed E-state index contributed by atoms with van der Waals surface area (Å²) in [5.41, 5.74) is 6.81. The van der Waals surface area contributed by atoms with Gasteiger partial charge in [0, 0.05) is 10.7 Å². The lowest BCUT2D eigenvalue weighted by Crippen LogP contribution is -2.15. The topological polar surface area (TPSA) is 85.1 Å². The van der Waals surface area contributed by atoms with E-state index < -0.39 is 10.0 Å². The number of sulfonamides is 1. The SMILES string of the molecule is Cc1ccnc(NS(=O)(=O)c2ccc(Br)cc2N)c1. The van der Waals surface area contributed by atoms with E-state index in [0.717, 1.165) is 10.0 Å². The van der Waals surface area contributed by atoms with Crippen LogP contribution < -0.4 is 10.5 Å². The zero-order valence-corrected chi connectivity index (χ0v) is 12.5. The largest absolute Gasteiger partial charge is 0.398 e. The molecule has 0 aliphatic heterocycles.